The highest BCUT2D eigenvalue weighted by Gasteiger charge is 2.22. The van der Waals surface area contributed by atoms with Crippen LogP contribution in [0.15, 0.2) is 27.6 Å². The highest BCUT2D eigenvalue weighted by Crippen LogP contribution is 2.41. The van der Waals surface area contributed by atoms with Crippen LogP contribution in [0, 0.1) is 5.92 Å². The molecule has 1 aromatic carbocycles. The van der Waals surface area contributed by atoms with Gasteiger partial charge in [0.2, 0.25) is 0 Å². The van der Waals surface area contributed by atoms with E-state index in [9.17, 15) is 0 Å². The Labute approximate surface area is 97.8 Å². The van der Waals surface area contributed by atoms with Crippen molar-refractivity contribution in [2.75, 3.05) is 11.9 Å². The molecule has 1 heterocycles. The monoisotopic (exact) mass is 271 g/mol. The van der Waals surface area contributed by atoms with Crippen molar-refractivity contribution in [2.24, 2.45) is 5.92 Å². The topological polar surface area (TPSA) is 12.0 Å². The first-order valence-corrected chi connectivity index (χ1v) is 6.55. The van der Waals surface area contributed by atoms with Gasteiger partial charge in [-0.3, -0.25) is 0 Å². The van der Waals surface area contributed by atoms with Crippen molar-refractivity contribution in [1.29, 1.82) is 0 Å². The second kappa shape index (κ2) is 4.15. The first kappa shape index (κ1) is 10.4. The van der Waals surface area contributed by atoms with Gasteiger partial charge < -0.3 is 5.32 Å². The van der Waals surface area contributed by atoms with Crippen LogP contribution in [0.5, 0.6) is 0 Å². The molecule has 1 aliphatic rings. The van der Waals surface area contributed by atoms with Crippen LogP contribution in [-0.2, 0) is 0 Å². The molecule has 0 spiro atoms. The maximum absolute atomic E-state index is 3.56. The minimum atomic E-state index is 0.691. The summed E-state index contributed by atoms with van der Waals surface area (Å²) >= 11 is 5.55. The summed E-state index contributed by atoms with van der Waals surface area (Å²) in [6.45, 7) is 5.63. The molecule has 0 saturated heterocycles. The molecule has 0 fully saturated rings. The maximum atomic E-state index is 3.56. The Balaban J connectivity index is 2.27. The van der Waals surface area contributed by atoms with E-state index in [1.54, 1.807) is 0 Å². The summed E-state index contributed by atoms with van der Waals surface area (Å²) in [6.07, 6.45) is 0. The van der Waals surface area contributed by atoms with Gasteiger partial charge in [-0.1, -0.05) is 19.9 Å². The summed E-state index contributed by atoms with van der Waals surface area (Å²) in [4.78, 5) is 1.37. The Kier molecular flexibility index (Phi) is 3.07. The van der Waals surface area contributed by atoms with E-state index in [-0.39, 0.29) is 0 Å². The first-order chi connectivity index (χ1) is 6.68. The van der Waals surface area contributed by atoms with Gasteiger partial charge in [0.15, 0.2) is 0 Å². The molecule has 1 N–H and O–H groups in total. The standard InChI is InChI=1S/C11H14BrNS/c1-7(2)10-6-13-11-8(12)4-3-5-9(11)14-10/h3-5,7,10,13H,6H2,1-2H3. The van der Waals surface area contributed by atoms with Crippen LogP contribution < -0.4 is 5.32 Å². The van der Waals surface area contributed by atoms with Gasteiger partial charge in [0, 0.05) is 21.2 Å². The van der Waals surface area contributed by atoms with E-state index in [1.165, 1.54) is 15.1 Å². The molecule has 0 saturated carbocycles. The fourth-order valence-electron chi connectivity index (χ4n) is 1.55. The molecule has 1 nitrogen and oxygen atoms in total. The molecule has 0 amide bonds. The number of benzene rings is 1. The fourth-order valence-corrected chi connectivity index (χ4v) is 3.41. The molecule has 3 heteroatoms. The summed E-state index contributed by atoms with van der Waals surface area (Å²) in [5.74, 6) is 0.722. The Hall–Kier alpha value is -0.150. The highest BCUT2D eigenvalue weighted by atomic mass is 79.9. The molecule has 1 unspecified atom stereocenters. The van der Waals surface area contributed by atoms with Crippen molar-refractivity contribution in [1.82, 2.24) is 0 Å². The highest BCUT2D eigenvalue weighted by molar-refractivity contribution is 9.10. The number of anilines is 1. The first-order valence-electron chi connectivity index (χ1n) is 4.87. The van der Waals surface area contributed by atoms with Crippen LogP contribution in [0.25, 0.3) is 0 Å². The van der Waals surface area contributed by atoms with Crippen molar-refractivity contribution < 1.29 is 0 Å². The third-order valence-corrected chi connectivity index (χ3v) is 4.75. The smallest absolute Gasteiger partial charge is 0.0623 e. The summed E-state index contributed by atoms with van der Waals surface area (Å²) in [6, 6.07) is 6.37. The molecule has 0 bridgehead atoms. The van der Waals surface area contributed by atoms with Gasteiger partial charge in [-0.2, -0.15) is 0 Å². The molecule has 1 atom stereocenters. The SMILES string of the molecule is CC(C)C1CNc2c(Br)cccc2S1. The van der Waals surface area contributed by atoms with Crippen LogP contribution in [0.1, 0.15) is 13.8 Å². The molecule has 2 rings (SSSR count). The normalized spacial score (nSPS) is 20.4. The van der Waals surface area contributed by atoms with E-state index in [2.05, 4.69) is 53.3 Å². The van der Waals surface area contributed by atoms with Gasteiger partial charge in [0.25, 0.3) is 0 Å². The third kappa shape index (κ3) is 1.94. The van der Waals surface area contributed by atoms with E-state index < -0.39 is 0 Å². The second-order valence-corrected chi connectivity index (χ2v) is 6.03. The summed E-state index contributed by atoms with van der Waals surface area (Å²) < 4.78 is 1.17. The lowest BCUT2D eigenvalue weighted by Gasteiger charge is -2.28. The van der Waals surface area contributed by atoms with Gasteiger partial charge in [0.05, 0.1) is 5.69 Å². The predicted molar refractivity (Wildman–Crippen MR) is 67.1 cm³/mol. The number of fused-ring (bicyclic) bond motifs is 1. The lowest BCUT2D eigenvalue weighted by Crippen LogP contribution is -2.26. The lowest BCUT2D eigenvalue weighted by molar-refractivity contribution is 0.620. The van der Waals surface area contributed by atoms with Gasteiger partial charge in [0.1, 0.15) is 0 Å². The zero-order valence-corrected chi connectivity index (χ0v) is 10.8. The van der Waals surface area contributed by atoms with Crippen LogP contribution in [0.3, 0.4) is 0 Å². The Bertz CT molecular complexity index is 338. The molecule has 1 aliphatic heterocycles. The molecule has 1 aromatic rings. The second-order valence-electron chi connectivity index (χ2n) is 3.89. The summed E-state index contributed by atoms with van der Waals surface area (Å²) in [7, 11) is 0. The van der Waals surface area contributed by atoms with Crippen LogP contribution in [0.4, 0.5) is 5.69 Å². The number of halogens is 1. The summed E-state index contributed by atoms with van der Waals surface area (Å²) in [5.41, 5.74) is 1.26. The largest absolute Gasteiger partial charge is 0.382 e. The van der Waals surface area contributed by atoms with Crippen molar-refractivity contribution >= 4 is 33.4 Å². The van der Waals surface area contributed by atoms with Crippen LogP contribution >= 0.6 is 27.7 Å². The van der Waals surface area contributed by atoms with Crippen molar-refractivity contribution in [3.8, 4) is 0 Å². The molecule has 0 aromatic heterocycles. The number of para-hydroxylation sites is 1. The predicted octanol–water partition coefficient (Wildman–Crippen LogP) is 3.99. The minimum Gasteiger partial charge on any atom is -0.382 e. The molecule has 0 radical (unpaired) electrons. The zero-order valence-electron chi connectivity index (χ0n) is 8.38. The average molecular weight is 272 g/mol. The Morgan fingerprint density at radius 1 is 1.50 bits per heavy atom. The van der Waals surface area contributed by atoms with E-state index in [0.29, 0.717) is 5.25 Å². The molecule has 0 aliphatic carbocycles. The van der Waals surface area contributed by atoms with E-state index in [1.807, 2.05) is 11.8 Å². The third-order valence-electron chi connectivity index (χ3n) is 2.48. The number of hydrogen-bond acceptors (Lipinski definition) is 2. The number of rotatable bonds is 1. The number of hydrogen-bond donors (Lipinski definition) is 1. The van der Waals surface area contributed by atoms with Gasteiger partial charge in [-0.25, -0.2) is 0 Å². The number of nitrogens with one attached hydrogen (secondary N) is 1. The van der Waals surface area contributed by atoms with Crippen LogP contribution in [-0.4, -0.2) is 11.8 Å². The quantitative estimate of drug-likeness (QED) is 0.829. The maximum Gasteiger partial charge on any atom is 0.0623 e. The van der Waals surface area contributed by atoms with Gasteiger partial charge >= 0.3 is 0 Å². The van der Waals surface area contributed by atoms with Gasteiger partial charge in [-0.05, 0) is 34.0 Å². The molecular weight excluding hydrogens is 258 g/mol. The van der Waals surface area contributed by atoms with Crippen molar-refractivity contribution in [2.45, 2.75) is 24.0 Å². The van der Waals surface area contributed by atoms with Gasteiger partial charge in [-0.15, -0.1) is 11.8 Å². The van der Waals surface area contributed by atoms with Crippen molar-refractivity contribution in [3.05, 3.63) is 22.7 Å². The summed E-state index contributed by atoms with van der Waals surface area (Å²) in [5, 5.41) is 4.19. The number of thioether (sulfide) groups is 1. The van der Waals surface area contributed by atoms with Crippen LogP contribution in [0.2, 0.25) is 0 Å². The zero-order chi connectivity index (χ0) is 10.1. The fraction of sp³-hybridized carbons (Fsp3) is 0.455. The molecule has 14 heavy (non-hydrogen) atoms. The van der Waals surface area contributed by atoms with E-state index in [4.69, 9.17) is 0 Å². The minimum absolute atomic E-state index is 0.691. The lowest BCUT2D eigenvalue weighted by atomic mass is 10.1. The Morgan fingerprint density at radius 2 is 2.29 bits per heavy atom. The van der Waals surface area contributed by atoms with E-state index in [0.717, 1.165) is 12.5 Å². The molecular formula is C11H14BrNS. The Morgan fingerprint density at radius 3 is 3.00 bits per heavy atom. The molecule has 76 valence electrons. The van der Waals surface area contributed by atoms with E-state index >= 15 is 0 Å². The van der Waals surface area contributed by atoms with Crippen molar-refractivity contribution in [3.63, 3.8) is 0 Å². The average Bonchev–Trinajstić information content (AvgIpc) is 2.17.